The number of nitrogens with zero attached hydrogens (tertiary/aromatic N) is 3. The van der Waals surface area contributed by atoms with Crippen molar-refractivity contribution < 1.29 is 9.53 Å². The number of fused-ring (bicyclic) bond motifs is 1. The van der Waals surface area contributed by atoms with E-state index in [0.29, 0.717) is 5.56 Å². The van der Waals surface area contributed by atoms with Gasteiger partial charge in [0.2, 0.25) is 5.72 Å². The summed E-state index contributed by atoms with van der Waals surface area (Å²) in [5.41, 5.74) is 4.96. The molecule has 1 aliphatic heterocycles. The average molecular weight is 464 g/mol. The van der Waals surface area contributed by atoms with E-state index in [1.807, 2.05) is 112 Å². The van der Waals surface area contributed by atoms with E-state index in [1.54, 1.807) is 0 Å². The van der Waals surface area contributed by atoms with Gasteiger partial charge in [0.15, 0.2) is 0 Å². The molecule has 0 saturated heterocycles. The molecule has 4 aromatic rings. The second-order valence-corrected chi connectivity index (χ2v) is 9.11. The van der Waals surface area contributed by atoms with Gasteiger partial charge in [-0.05, 0) is 54.6 Å². The lowest BCUT2D eigenvalue weighted by Gasteiger charge is -2.42. The minimum absolute atomic E-state index is 0.336. The van der Waals surface area contributed by atoms with Gasteiger partial charge in [-0.3, -0.25) is 4.90 Å². The summed E-state index contributed by atoms with van der Waals surface area (Å²) in [4.78, 5) is 19.7. The summed E-state index contributed by atoms with van der Waals surface area (Å²) in [7, 11) is 7.96. The third-order valence-corrected chi connectivity index (χ3v) is 6.46. The molecule has 0 saturated carbocycles. The molecule has 0 aliphatic carbocycles. The molecule has 0 radical (unpaired) electrons. The van der Waals surface area contributed by atoms with Crippen molar-refractivity contribution in [1.82, 2.24) is 0 Å². The highest BCUT2D eigenvalue weighted by Gasteiger charge is 2.52. The van der Waals surface area contributed by atoms with Crippen LogP contribution in [-0.4, -0.2) is 34.2 Å². The maximum absolute atomic E-state index is 13.5. The summed E-state index contributed by atoms with van der Waals surface area (Å²) in [6.07, 6.45) is 0. The molecule has 1 unspecified atom stereocenters. The number of carbonyl (C=O) groups is 1. The van der Waals surface area contributed by atoms with E-state index in [0.717, 1.165) is 33.9 Å². The van der Waals surface area contributed by atoms with Crippen LogP contribution >= 0.6 is 0 Å². The molecule has 1 heterocycles. The molecule has 5 nitrogen and oxygen atoms in total. The Balaban J connectivity index is 1.83. The fourth-order valence-electron chi connectivity index (χ4n) is 4.68. The zero-order valence-corrected chi connectivity index (χ0v) is 20.5. The van der Waals surface area contributed by atoms with Gasteiger partial charge in [-0.15, -0.1) is 0 Å². The van der Waals surface area contributed by atoms with Crippen LogP contribution < -0.4 is 14.7 Å². The Morgan fingerprint density at radius 1 is 0.600 bits per heavy atom. The topological polar surface area (TPSA) is 36.0 Å². The van der Waals surface area contributed by atoms with Gasteiger partial charge < -0.3 is 14.5 Å². The summed E-state index contributed by atoms with van der Waals surface area (Å²) in [5.74, 6) is -0.336. The van der Waals surface area contributed by atoms with E-state index in [4.69, 9.17) is 4.74 Å². The molecule has 1 aliphatic rings. The van der Waals surface area contributed by atoms with Crippen molar-refractivity contribution >= 4 is 28.7 Å². The van der Waals surface area contributed by atoms with Gasteiger partial charge in [-0.25, -0.2) is 4.79 Å². The molecule has 0 spiro atoms. The predicted octanol–water partition coefficient (Wildman–Crippen LogP) is 6.03. The molecule has 5 heteroatoms. The average Bonchev–Trinajstić information content (AvgIpc) is 3.18. The van der Waals surface area contributed by atoms with Crippen molar-refractivity contribution in [3.8, 4) is 0 Å². The fourth-order valence-corrected chi connectivity index (χ4v) is 4.68. The first-order valence-electron chi connectivity index (χ1n) is 11.7. The number of hydrogen-bond acceptors (Lipinski definition) is 5. The van der Waals surface area contributed by atoms with E-state index in [1.165, 1.54) is 0 Å². The van der Waals surface area contributed by atoms with E-state index in [9.17, 15) is 4.79 Å². The Hall–Kier alpha value is -4.25. The first-order chi connectivity index (χ1) is 16.9. The maximum atomic E-state index is 13.5. The van der Waals surface area contributed by atoms with Crippen LogP contribution in [-0.2, 0) is 10.5 Å². The molecule has 0 bridgehead atoms. The Bertz CT molecular complexity index is 1300. The standard InChI is InChI=1S/C30H29N3O2/c1-31(2)23-17-15-22(16-18-23)30(28-20-19-26(32(3)4)21-27(28)29(34)35-30)33(24-11-7-5-8-12-24)25-13-9-6-10-14-25/h5-21H,1-4H3. The van der Waals surface area contributed by atoms with Gasteiger partial charge >= 0.3 is 5.97 Å². The predicted molar refractivity (Wildman–Crippen MR) is 143 cm³/mol. The lowest BCUT2D eigenvalue weighted by atomic mass is 9.89. The number of ether oxygens (including phenoxy) is 1. The number of esters is 1. The summed E-state index contributed by atoms with van der Waals surface area (Å²) in [6, 6.07) is 34.4. The molecule has 4 aromatic carbocycles. The van der Waals surface area contributed by atoms with Gasteiger partial charge in [0.05, 0.1) is 5.56 Å². The molecule has 0 fully saturated rings. The quantitative estimate of drug-likeness (QED) is 0.326. The monoisotopic (exact) mass is 463 g/mol. The highest BCUT2D eigenvalue weighted by molar-refractivity contribution is 5.98. The Kier molecular flexibility index (Phi) is 5.69. The Morgan fingerprint density at radius 2 is 1.11 bits per heavy atom. The molecule has 1 atom stereocenters. The summed E-state index contributed by atoms with van der Waals surface area (Å²) < 4.78 is 6.47. The Labute approximate surface area is 206 Å². The first-order valence-corrected chi connectivity index (χ1v) is 11.7. The minimum Gasteiger partial charge on any atom is -0.426 e. The van der Waals surface area contributed by atoms with Gasteiger partial charge in [0.1, 0.15) is 0 Å². The number of benzene rings is 4. The van der Waals surface area contributed by atoms with Crippen molar-refractivity contribution in [2.24, 2.45) is 0 Å². The number of carbonyl (C=O) groups excluding carboxylic acids is 1. The second-order valence-electron chi connectivity index (χ2n) is 9.11. The van der Waals surface area contributed by atoms with E-state index < -0.39 is 5.72 Å². The summed E-state index contributed by atoms with van der Waals surface area (Å²) in [6.45, 7) is 0. The van der Waals surface area contributed by atoms with Gasteiger partial charge in [0.25, 0.3) is 0 Å². The summed E-state index contributed by atoms with van der Waals surface area (Å²) >= 11 is 0. The highest BCUT2D eigenvalue weighted by atomic mass is 16.6. The minimum atomic E-state index is -1.18. The van der Waals surface area contributed by atoms with Crippen LogP contribution in [0.3, 0.4) is 0 Å². The lowest BCUT2D eigenvalue weighted by molar-refractivity contribution is 0.0134. The van der Waals surface area contributed by atoms with Gasteiger partial charge in [0, 0.05) is 62.1 Å². The highest BCUT2D eigenvalue weighted by Crippen LogP contribution is 2.50. The number of cyclic esters (lactones) is 1. The van der Waals surface area contributed by atoms with Gasteiger partial charge in [-0.1, -0.05) is 48.5 Å². The SMILES string of the molecule is CN(C)c1ccc(C2(N(c3ccccc3)c3ccccc3)OC(=O)c3cc(N(C)C)ccc32)cc1. The van der Waals surface area contributed by atoms with Crippen LogP contribution in [0.15, 0.2) is 103 Å². The normalized spacial score (nSPS) is 16.4. The van der Waals surface area contributed by atoms with E-state index >= 15 is 0 Å². The molecule has 0 amide bonds. The largest absolute Gasteiger partial charge is 0.426 e. The molecular formula is C30H29N3O2. The third kappa shape index (κ3) is 3.79. The zero-order valence-electron chi connectivity index (χ0n) is 20.5. The third-order valence-electron chi connectivity index (χ3n) is 6.46. The van der Waals surface area contributed by atoms with Crippen molar-refractivity contribution in [3.63, 3.8) is 0 Å². The lowest BCUT2D eigenvalue weighted by Crippen LogP contribution is -2.45. The molecule has 0 aromatic heterocycles. The Morgan fingerprint density at radius 3 is 1.63 bits per heavy atom. The zero-order chi connectivity index (χ0) is 24.6. The molecule has 0 N–H and O–H groups in total. The van der Waals surface area contributed by atoms with Crippen LogP contribution in [0.4, 0.5) is 22.7 Å². The van der Waals surface area contributed by atoms with Crippen LogP contribution in [0.1, 0.15) is 21.5 Å². The number of para-hydroxylation sites is 2. The fraction of sp³-hybridized carbons (Fsp3) is 0.167. The molecule has 176 valence electrons. The van der Waals surface area contributed by atoms with Crippen LogP contribution in [0.5, 0.6) is 0 Å². The summed E-state index contributed by atoms with van der Waals surface area (Å²) in [5, 5.41) is 0. The number of hydrogen-bond donors (Lipinski definition) is 0. The van der Waals surface area contributed by atoms with Crippen LogP contribution in [0.25, 0.3) is 0 Å². The van der Waals surface area contributed by atoms with Crippen molar-refractivity contribution in [2.75, 3.05) is 42.9 Å². The van der Waals surface area contributed by atoms with Crippen molar-refractivity contribution in [1.29, 1.82) is 0 Å². The van der Waals surface area contributed by atoms with Gasteiger partial charge in [-0.2, -0.15) is 0 Å². The second kappa shape index (κ2) is 8.84. The molecule has 5 rings (SSSR count). The van der Waals surface area contributed by atoms with Crippen molar-refractivity contribution in [3.05, 3.63) is 120 Å². The number of rotatable bonds is 6. The maximum Gasteiger partial charge on any atom is 0.341 e. The van der Waals surface area contributed by atoms with Crippen molar-refractivity contribution in [2.45, 2.75) is 5.72 Å². The smallest absolute Gasteiger partial charge is 0.341 e. The van der Waals surface area contributed by atoms with Crippen LogP contribution in [0, 0.1) is 0 Å². The van der Waals surface area contributed by atoms with Crippen LogP contribution in [0.2, 0.25) is 0 Å². The molecular weight excluding hydrogens is 434 g/mol. The number of anilines is 4. The van der Waals surface area contributed by atoms with E-state index in [2.05, 4.69) is 34.1 Å². The molecule has 35 heavy (non-hydrogen) atoms. The van der Waals surface area contributed by atoms with E-state index in [-0.39, 0.29) is 5.97 Å². The first kappa shape index (κ1) is 22.5.